The van der Waals surface area contributed by atoms with Gasteiger partial charge >= 0.3 is 0 Å². The molecule has 4 fully saturated rings. The third-order valence-corrected chi connectivity index (χ3v) is 48.5. The molecular weight excluding hydrogens is 1460 g/mol. The molecule has 20 unspecified atom stereocenters. The summed E-state index contributed by atoms with van der Waals surface area (Å²) in [6.07, 6.45) is 21.3. The molecule has 0 spiro atoms. The van der Waals surface area contributed by atoms with E-state index >= 15 is 0 Å². The van der Waals surface area contributed by atoms with Crippen molar-refractivity contribution in [2.75, 3.05) is 4.98 Å². The van der Waals surface area contributed by atoms with Gasteiger partial charge in [0.1, 0.15) is 24.7 Å². The first-order chi connectivity index (χ1) is 51.2. The number of allylic oxidation sites excluding steroid dienone is 4. The Bertz CT molecular complexity index is 4890. The SMILES string of the molecule is CC(C)N[Si](C)(C)C1C(C)C(C)C2c3c(sc4ccccc34)C=CC21.CC1C(C)C([Si](C)(C)NC(C)(C)C)C2C=Cc3sc4ccccc4c3C12.CC1C(C)C([Si](C)(C)NC(C)(C)CC(C)(C)C)C2C=Cc3sc4ccccc4c3C12.CC1C(C)C([Si](C)(C)Nc2ccccc2)C2C=Cc3sc4ccccc4c3C12. The maximum atomic E-state index is 4.28. The number of thiophene rings is 4. The van der Waals surface area contributed by atoms with E-state index in [0.29, 0.717) is 64.7 Å². The van der Waals surface area contributed by atoms with Crippen LogP contribution in [0.5, 0.6) is 0 Å². The van der Waals surface area contributed by atoms with Crippen LogP contribution in [0, 0.1) is 76.4 Å². The summed E-state index contributed by atoms with van der Waals surface area (Å²) in [5.41, 5.74) is 11.7. The number of para-hydroxylation sites is 1. The third-order valence-electron chi connectivity index (χ3n) is 28.6. The fourth-order valence-electron chi connectivity index (χ4n) is 25.8. The fourth-order valence-corrected chi connectivity index (χ4v) is 49.0. The van der Waals surface area contributed by atoms with E-state index in [0.717, 1.165) is 63.6 Å². The van der Waals surface area contributed by atoms with E-state index in [-0.39, 0.29) is 11.1 Å². The van der Waals surface area contributed by atoms with Gasteiger partial charge in [0.2, 0.25) is 0 Å². The van der Waals surface area contributed by atoms with Crippen molar-refractivity contribution in [3.8, 4) is 0 Å². The molecule has 4 nitrogen and oxygen atoms in total. The topological polar surface area (TPSA) is 48.1 Å². The Kier molecular flexibility index (Phi) is 22.5. The molecular formula is C97H134N4S4Si4. The minimum absolute atomic E-state index is 0.174. The molecule has 4 heterocycles. The van der Waals surface area contributed by atoms with Crippen molar-refractivity contribution >= 4 is 149 Å². The Labute approximate surface area is 679 Å². The van der Waals surface area contributed by atoms with Gasteiger partial charge in [-0.25, -0.2) is 0 Å². The van der Waals surface area contributed by atoms with E-state index in [1.54, 1.807) is 22.3 Å². The van der Waals surface area contributed by atoms with E-state index in [9.17, 15) is 0 Å². The van der Waals surface area contributed by atoms with Gasteiger partial charge in [0.25, 0.3) is 0 Å². The number of rotatable bonds is 12. The zero-order valence-corrected chi connectivity index (χ0v) is 78.5. The Morgan fingerprint density at radius 3 is 0.908 bits per heavy atom. The lowest BCUT2D eigenvalue weighted by Gasteiger charge is -2.45. The molecule has 20 atom stereocenters. The molecule has 9 aromatic rings. The highest BCUT2D eigenvalue weighted by molar-refractivity contribution is 7.21. The molecule has 109 heavy (non-hydrogen) atoms. The van der Waals surface area contributed by atoms with Gasteiger partial charge < -0.3 is 19.9 Å². The Morgan fingerprint density at radius 1 is 0.339 bits per heavy atom. The lowest BCUT2D eigenvalue weighted by atomic mass is 9.79. The first-order valence-corrected chi connectivity index (χ1v) is 57.7. The molecule has 582 valence electrons. The van der Waals surface area contributed by atoms with Gasteiger partial charge in [0.15, 0.2) is 8.24 Å². The quantitative estimate of drug-likeness (QED) is 0.0921. The maximum absolute atomic E-state index is 4.28. The van der Waals surface area contributed by atoms with Gasteiger partial charge in [-0.05, 0) is 274 Å². The number of benzene rings is 5. The van der Waals surface area contributed by atoms with Gasteiger partial charge in [-0.3, -0.25) is 0 Å². The van der Waals surface area contributed by atoms with Crippen LogP contribution < -0.4 is 19.9 Å². The summed E-state index contributed by atoms with van der Waals surface area (Å²) >= 11 is 7.92. The zero-order valence-electron chi connectivity index (χ0n) is 71.2. The van der Waals surface area contributed by atoms with Crippen LogP contribution in [0.3, 0.4) is 0 Å². The van der Waals surface area contributed by atoms with Gasteiger partial charge in [-0.1, -0.05) is 258 Å². The average Bonchev–Trinajstić information content (AvgIpc) is 1.59. The first kappa shape index (κ1) is 81.0. The maximum Gasteiger partial charge on any atom is 0.151 e. The minimum atomic E-state index is -1.69. The molecule has 5 aromatic carbocycles. The Balaban J connectivity index is 0.000000122. The van der Waals surface area contributed by atoms with E-state index in [2.05, 4.69) is 373 Å². The first-order valence-electron chi connectivity index (χ1n) is 42.2. The van der Waals surface area contributed by atoms with Gasteiger partial charge in [0, 0.05) is 55.1 Å². The standard InChI is InChI=1S/C27H41NSSi.C25H29NSSi.C23H33NSSi.C22H31NSSi/c1-17-18(2)25(30(8,9)28-27(6,7)16-26(3,4)5)20-14-15-22-24(23(17)20)19-12-10-11-13-21(19)29-22;1-16-17(2)25(28(3,4)26-18-10-6-5-7-11-18)20-14-15-22-24(23(16)20)19-12-8-9-13-21(19)27-22;1-14-15(2)22(26(6,7)24-23(3,4)5)17-12-13-19-21(20(14)17)16-10-8-9-11-18(16)25-19;1-13(2)23-25(5,6)22-15(4)14(3)20-17(22)11-12-19-21(20)16-9-7-8-10-18(16)24-19/h10-15,17-18,20,23,25,28H,16H2,1-9H3;5-17,20,23,25-26H,1-4H3;8-15,17,20,22,24H,1-7H3;7-15,17,20,22-23H,1-6H3. The highest BCUT2D eigenvalue weighted by Crippen LogP contribution is 2.67. The number of hydrogen-bond acceptors (Lipinski definition) is 8. The molecule has 0 amide bonds. The van der Waals surface area contributed by atoms with Crippen LogP contribution in [0.15, 0.2) is 152 Å². The second-order valence-corrected chi connectivity index (χ2v) is 62.9. The van der Waals surface area contributed by atoms with Crippen molar-refractivity contribution < 1.29 is 0 Å². The van der Waals surface area contributed by atoms with Crippen molar-refractivity contribution in [1.82, 2.24) is 14.9 Å². The van der Waals surface area contributed by atoms with Crippen LogP contribution >= 0.6 is 45.3 Å². The largest absolute Gasteiger partial charge is 0.410 e. The molecule has 8 aliphatic rings. The smallest absolute Gasteiger partial charge is 0.151 e. The van der Waals surface area contributed by atoms with Crippen LogP contribution in [-0.4, -0.2) is 50.1 Å². The molecule has 17 rings (SSSR count). The van der Waals surface area contributed by atoms with Crippen LogP contribution in [0.1, 0.15) is 196 Å². The summed E-state index contributed by atoms with van der Waals surface area (Å²) < 4.78 is 5.81. The molecule has 0 aliphatic heterocycles. The van der Waals surface area contributed by atoms with Crippen LogP contribution in [-0.2, 0) is 0 Å². The van der Waals surface area contributed by atoms with Gasteiger partial charge in [0.05, 0.1) is 0 Å². The third kappa shape index (κ3) is 15.3. The number of fused-ring (bicyclic) bond motifs is 20. The lowest BCUT2D eigenvalue weighted by Crippen LogP contribution is -2.60. The summed E-state index contributed by atoms with van der Waals surface area (Å²) in [4.78, 5) is 22.4. The Morgan fingerprint density at radius 2 is 0.615 bits per heavy atom. The predicted octanol–water partition coefficient (Wildman–Crippen LogP) is 29.3. The van der Waals surface area contributed by atoms with Crippen molar-refractivity contribution in [1.29, 1.82) is 0 Å². The molecule has 4 aromatic heterocycles. The second kappa shape index (κ2) is 30.3. The summed E-state index contributed by atoms with van der Waals surface area (Å²) in [7, 11) is -6.47. The monoisotopic (exact) mass is 1590 g/mol. The van der Waals surface area contributed by atoms with Gasteiger partial charge in [-0.15, -0.1) is 45.3 Å². The van der Waals surface area contributed by atoms with E-state index in [1.165, 1.54) is 72.0 Å². The molecule has 8 aliphatic carbocycles. The fraction of sp³-hybridized carbons (Fsp3) is 0.526. The summed E-state index contributed by atoms with van der Waals surface area (Å²) in [6.45, 7) is 64.2. The Hall–Kier alpha value is -4.55. The van der Waals surface area contributed by atoms with E-state index in [4.69, 9.17) is 0 Å². The predicted molar refractivity (Wildman–Crippen MR) is 499 cm³/mol. The van der Waals surface area contributed by atoms with Crippen LogP contribution in [0.2, 0.25) is 74.5 Å². The van der Waals surface area contributed by atoms with Crippen molar-refractivity contribution in [2.24, 2.45) is 76.4 Å². The zero-order chi connectivity index (χ0) is 78.3. The summed E-state index contributed by atoms with van der Waals surface area (Å²) in [5.74, 6) is 11.3. The lowest BCUT2D eigenvalue weighted by molar-refractivity contribution is 0.265. The molecule has 0 radical (unpaired) electrons. The average molecular weight is 1600 g/mol. The van der Waals surface area contributed by atoms with Crippen LogP contribution in [0.25, 0.3) is 64.6 Å². The number of hydrogen-bond donors (Lipinski definition) is 4. The number of anilines is 1. The van der Waals surface area contributed by atoms with Crippen molar-refractivity contribution in [2.45, 2.75) is 246 Å². The molecule has 0 saturated heterocycles. The van der Waals surface area contributed by atoms with Gasteiger partial charge in [-0.2, -0.15) is 0 Å². The van der Waals surface area contributed by atoms with Crippen molar-refractivity contribution in [3.63, 3.8) is 0 Å². The van der Waals surface area contributed by atoms with Crippen molar-refractivity contribution in [3.05, 3.63) is 193 Å². The molecule has 4 saturated carbocycles. The highest BCUT2D eigenvalue weighted by atomic mass is 32.1. The van der Waals surface area contributed by atoms with Crippen LogP contribution in [0.4, 0.5) is 5.69 Å². The summed E-state index contributed by atoms with van der Waals surface area (Å²) in [5, 5.41) is 6.03. The molecule has 12 heteroatoms. The minimum Gasteiger partial charge on any atom is -0.410 e. The number of nitrogens with one attached hydrogen (secondary N) is 4. The van der Waals surface area contributed by atoms with E-state index < -0.39 is 32.9 Å². The molecule has 0 bridgehead atoms. The summed E-state index contributed by atoms with van der Waals surface area (Å²) in [6, 6.07) is 47.5. The normalized spacial score (nSPS) is 30.2. The molecule has 4 N–H and O–H groups in total. The second-order valence-electron chi connectivity index (χ2n) is 41.1. The highest BCUT2D eigenvalue weighted by Gasteiger charge is 2.59. The van der Waals surface area contributed by atoms with E-state index in [1.807, 2.05) is 45.3 Å².